The van der Waals surface area contributed by atoms with Crippen LogP contribution in [0.3, 0.4) is 0 Å². The standard InChI is InChI=1S/C23H25NO2/c1-17-21(22(25)26-16-18-11-7-5-8-12-18)20(15-24(17)23(2,3)4)19-13-9-6-10-14-19/h5-15H,16H2,1-4H3. The molecule has 0 N–H and O–H groups in total. The summed E-state index contributed by atoms with van der Waals surface area (Å²) in [5.41, 5.74) is 4.36. The normalized spacial score (nSPS) is 11.4. The number of carbonyl (C=O) groups excluding carboxylic acids is 1. The molecule has 26 heavy (non-hydrogen) atoms. The van der Waals surface area contributed by atoms with E-state index >= 15 is 0 Å². The third-order valence-corrected chi connectivity index (χ3v) is 4.48. The molecule has 0 aliphatic carbocycles. The number of hydrogen-bond acceptors (Lipinski definition) is 2. The lowest BCUT2D eigenvalue weighted by atomic mass is 10.0. The molecule has 0 amide bonds. The molecule has 134 valence electrons. The summed E-state index contributed by atoms with van der Waals surface area (Å²) in [6.45, 7) is 8.65. The molecule has 0 spiro atoms. The van der Waals surface area contributed by atoms with Gasteiger partial charge < -0.3 is 9.30 Å². The van der Waals surface area contributed by atoms with Crippen LogP contribution >= 0.6 is 0 Å². The second-order valence-electron chi connectivity index (χ2n) is 7.47. The lowest BCUT2D eigenvalue weighted by Gasteiger charge is -2.23. The van der Waals surface area contributed by atoms with Crippen molar-refractivity contribution >= 4 is 5.97 Å². The lowest BCUT2D eigenvalue weighted by Crippen LogP contribution is -2.22. The van der Waals surface area contributed by atoms with E-state index in [4.69, 9.17) is 4.74 Å². The molecule has 3 aromatic rings. The molecule has 0 bridgehead atoms. The van der Waals surface area contributed by atoms with Crippen molar-refractivity contribution < 1.29 is 9.53 Å². The zero-order chi connectivity index (χ0) is 18.7. The van der Waals surface area contributed by atoms with Crippen LogP contribution in [0.1, 0.15) is 42.4 Å². The topological polar surface area (TPSA) is 31.2 Å². The smallest absolute Gasteiger partial charge is 0.340 e. The molecule has 0 saturated heterocycles. The minimum Gasteiger partial charge on any atom is -0.457 e. The number of nitrogens with zero attached hydrogens (tertiary/aromatic N) is 1. The van der Waals surface area contributed by atoms with E-state index in [9.17, 15) is 4.79 Å². The van der Waals surface area contributed by atoms with Crippen molar-refractivity contribution in [1.29, 1.82) is 0 Å². The van der Waals surface area contributed by atoms with E-state index in [0.717, 1.165) is 22.4 Å². The SMILES string of the molecule is Cc1c(C(=O)OCc2ccccc2)c(-c2ccccc2)cn1C(C)(C)C. The fourth-order valence-corrected chi connectivity index (χ4v) is 3.19. The number of rotatable bonds is 4. The Kier molecular flexibility index (Phi) is 4.99. The predicted octanol–water partition coefficient (Wildman–Crippen LogP) is 5.58. The van der Waals surface area contributed by atoms with E-state index in [-0.39, 0.29) is 18.1 Å². The van der Waals surface area contributed by atoms with Gasteiger partial charge in [-0.2, -0.15) is 0 Å². The van der Waals surface area contributed by atoms with E-state index in [0.29, 0.717) is 5.56 Å². The highest BCUT2D eigenvalue weighted by Gasteiger charge is 2.26. The molecule has 3 rings (SSSR count). The van der Waals surface area contributed by atoms with Crippen LogP contribution in [0.15, 0.2) is 66.9 Å². The number of aromatic nitrogens is 1. The molecule has 0 aliphatic rings. The molecule has 0 aliphatic heterocycles. The van der Waals surface area contributed by atoms with Crippen molar-refractivity contribution in [3.63, 3.8) is 0 Å². The summed E-state index contributed by atoms with van der Waals surface area (Å²) in [6, 6.07) is 19.7. The van der Waals surface area contributed by atoms with E-state index < -0.39 is 0 Å². The Morgan fingerprint density at radius 2 is 1.54 bits per heavy atom. The molecular formula is C23H25NO2. The van der Waals surface area contributed by atoms with Crippen LogP contribution in [-0.4, -0.2) is 10.5 Å². The summed E-state index contributed by atoms with van der Waals surface area (Å²) in [6.07, 6.45) is 2.06. The Bertz CT molecular complexity index is 887. The number of hydrogen-bond donors (Lipinski definition) is 0. The predicted molar refractivity (Wildman–Crippen MR) is 105 cm³/mol. The van der Waals surface area contributed by atoms with Crippen molar-refractivity contribution in [2.45, 2.75) is 39.8 Å². The maximum absolute atomic E-state index is 12.9. The van der Waals surface area contributed by atoms with Crippen LogP contribution in [0, 0.1) is 6.92 Å². The van der Waals surface area contributed by atoms with Crippen LogP contribution in [0.25, 0.3) is 11.1 Å². The molecular weight excluding hydrogens is 322 g/mol. The first kappa shape index (κ1) is 18.0. The fraction of sp³-hybridized carbons (Fsp3) is 0.261. The Labute approximate surface area is 155 Å². The summed E-state index contributed by atoms with van der Waals surface area (Å²) in [5, 5.41) is 0. The summed E-state index contributed by atoms with van der Waals surface area (Å²) in [5.74, 6) is -0.284. The molecule has 0 saturated carbocycles. The van der Waals surface area contributed by atoms with Crippen LogP contribution in [0.5, 0.6) is 0 Å². The first-order valence-electron chi connectivity index (χ1n) is 8.87. The van der Waals surface area contributed by atoms with Gasteiger partial charge in [-0.3, -0.25) is 0 Å². The highest BCUT2D eigenvalue weighted by Crippen LogP contribution is 2.32. The second-order valence-corrected chi connectivity index (χ2v) is 7.47. The molecule has 3 nitrogen and oxygen atoms in total. The van der Waals surface area contributed by atoms with Crippen molar-refractivity contribution in [2.75, 3.05) is 0 Å². The van der Waals surface area contributed by atoms with Gasteiger partial charge >= 0.3 is 5.97 Å². The first-order valence-corrected chi connectivity index (χ1v) is 8.87. The van der Waals surface area contributed by atoms with E-state index in [1.165, 1.54) is 0 Å². The van der Waals surface area contributed by atoms with Crippen LogP contribution in [0.2, 0.25) is 0 Å². The quantitative estimate of drug-likeness (QED) is 0.577. The molecule has 0 fully saturated rings. The molecule has 0 radical (unpaired) electrons. The second kappa shape index (κ2) is 7.20. The molecule has 0 atom stereocenters. The minimum atomic E-state index is -0.284. The van der Waals surface area contributed by atoms with Crippen LogP contribution in [-0.2, 0) is 16.9 Å². The summed E-state index contributed by atoms with van der Waals surface area (Å²) in [7, 11) is 0. The van der Waals surface area contributed by atoms with Gasteiger partial charge in [0.15, 0.2) is 0 Å². The molecule has 1 aromatic heterocycles. The third-order valence-electron chi connectivity index (χ3n) is 4.48. The number of ether oxygens (including phenoxy) is 1. The third kappa shape index (κ3) is 3.72. The number of esters is 1. The molecule has 1 heterocycles. The maximum Gasteiger partial charge on any atom is 0.340 e. The molecule has 3 heteroatoms. The van der Waals surface area contributed by atoms with E-state index in [2.05, 4.69) is 31.5 Å². The van der Waals surface area contributed by atoms with Crippen molar-refractivity contribution in [1.82, 2.24) is 4.57 Å². The first-order chi connectivity index (χ1) is 12.4. The van der Waals surface area contributed by atoms with Crippen molar-refractivity contribution in [3.8, 4) is 11.1 Å². The maximum atomic E-state index is 12.9. The van der Waals surface area contributed by atoms with Gasteiger partial charge in [0, 0.05) is 23.0 Å². The number of benzene rings is 2. The van der Waals surface area contributed by atoms with Gasteiger partial charge in [-0.25, -0.2) is 4.79 Å². The van der Waals surface area contributed by atoms with Crippen molar-refractivity contribution in [2.24, 2.45) is 0 Å². The Morgan fingerprint density at radius 3 is 2.12 bits per heavy atom. The van der Waals surface area contributed by atoms with E-state index in [1.54, 1.807) is 0 Å². The average molecular weight is 347 g/mol. The van der Waals surface area contributed by atoms with Gasteiger partial charge in [0.25, 0.3) is 0 Å². The summed E-state index contributed by atoms with van der Waals surface area (Å²) >= 11 is 0. The Balaban J connectivity index is 1.99. The van der Waals surface area contributed by atoms with Gasteiger partial charge in [0.1, 0.15) is 6.61 Å². The Hall–Kier alpha value is -2.81. The Morgan fingerprint density at radius 1 is 0.962 bits per heavy atom. The highest BCUT2D eigenvalue weighted by molar-refractivity contribution is 5.98. The highest BCUT2D eigenvalue weighted by atomic mass is 16.5. The van der Waals surface area contributed by atoms with Crippen LogP contribution < -0.4 is 0 Å². The monoisotopic (exact) mass is 347 g/mol. The molecule has 0 unspecified atom stereocenters. The zero-order valence-electron chi connectivity index (χ0n) is 15.8. The lowest BCUT2D eigenvalue weighted by molar-refractivity contribution is 0.0472. The van der Waals surface area contributed by atoms with Gasteiger partial charge in [-0.1, -0.05) is 60.7 Å². The van der Waals surface area contributed by atoms with Gasteiger partial charge in [-0.15, -0.1) is 0 Å². The van der Waals surface area contributed by atoms with Gasteiger partial charge in [0.05, 0.1) is 5.56 Å². The summed E-state index contributed by atoms with van der Waals surface area (Å²) < 4.78 is 7.78. The van der Waals surface area contributed by atoms with Gasteiger partial charge in [-0.05, 0) is 38.8 Å². The van der Waals surface area contributed by atoms with Gasteiger partial charge in [0.2, 0.25) is 0 Å². The number of carbonyl (C=O) groups is 1. The largest absolute Gasteiger partial charge is 0.457 e. The van der Waals surface area contributed by atoms with Crippen LogP contribution in [0.4, 0.5) is 0 Å². The zero-order valence-corrected chi connectivity index (χ0v) is 15.8. The van der Waals surface area contributed by atoms with E-state index in [1.807, 2.05) is 67.6 Å². The van der Waals surface area contributed by atoms with Crippen molar-refractivity contribution in [3.05, 3.63) is 83.7 Å². The molecule has 2 aromatic carbocycles. The minimum absolute atomic E-state index is 0.119. The average Bonchev–Trinajstić information content (AvgIpc) is 2.99. The summed E-state index contributed by atoms with van der Waals surface area (Å²) in [4.78, 5) is 12.9. The fourth-order valence-electron chi connectivity index (χ4n) is 3.19.